The van der Waals surface area contributed by atoms with Gasteiger partial charge in [-0.05, 0) is 43.5 Å². The number of piperidine rings is 1. The lowest BCUT2D eigenvalue weighted by molar-refractivity contribution is -0.147. The number of nitrogen functional groups attached to an aromatic ring is 1. The monoisotopic (exact) mass is 359 g/mol. The van der Waals surface area contributed by atoms with Gasteiger partial charge in [0, 0.05) is 30.9 Å². The minimum atomic E-state index is -0.853. The number of piperazine rings is 1. The molecule has 2 aliphatic heterocycles. The van der Waals surface area contributed by atoms with Crippen LogP contribution in [0.1, 0.15) is 24.8 Å². The average molecular weight is 359 g/mol. The van der Waals surface area contributed by atoms with Gasteiger partial charge < -0.3 is 20.6 Å². The van der Waals surface area contributed by atoms with Gasteiger partial charge in [0.2, 0.25) is 5.91 Å². The fraction of sp³-hybridized carbons (Fsp3) is 0.500. The van der Waals surface area contributed by atoms with E-state index >= 15 is 0 Å². The molecule has 140 valence electrons. The van der Waals surface area contributed by atoms with Gasteiger partial charge in [0.15, 0.2) is 0 Å². The first-order chi connectivity index (χ1) is 12.5. The van der Waals surface area contributed by atoms with Crippen LogP contribution in [-0.4, -0.2) is 71.5 Å². The minimum absolute atomic E-state index is 0.0215. The maximum Gasteiger partial charge on any atom is 0.317 e. The first-order valence-electron chi connectivity index (χ1n) is 8.90. The van der Waals surface area contributed by atoms with E-state index in [4.69, 9.17) is 16.2 Å². The highest BCUT2D eigenvalue weighted by Gasteiger charge is 2.35. The molecule has 0 spiro atoms. The minimum Gasteiger partial charge on any atom is -0.480 e. The summed E-state index contributed by atoms with van der Waals surface area (Å²) in [5.41, 5.74) is 7.06. The third-order valence-corrected chi connectivity index (χ3v) is 5.08. The van der Waals surface area contributed by atoms with Gasteiger partial charge in [0.05, 0.1) is 19.3 Å². The number of amides is 1. The smallest absolute Gasteiger partial charge is 0.317 e. The third kappa shape index (κ3) is 3.96. The Balaban J connectivity index is 1.66. The number of nitrogens with two attached hydrogens (primary N) is 1. The number of aliphatic carboxylic acids is 1. The molecule has 2 fully saturated rings. The number of nitrogens with zero attached hydrogens (tertiary/aromatic N) is 3. The van der Waals surface area contributed by atoms with Crippen LogP contribution in [-0.2, 0) is 9.59 Å². The number of nitrogens with one attached hydrogen (secondary N) is 1. The van der Waals surface area contributed by atoms with Gasteiger partial charge in [-0.1, -0.05) is 0 Å². The van der Waals surface area contributed by atoms with Crippen LogP contribution in [0.25, 0.3) is 0 Å². The molecular formula is C18H25N5O3. The summed E-state index contributed by atoms with van der Waals surface area (Å²) < 4.78 is 0. The molecule has 2 saturated heterocycles. The lowest BCUT2D eigenvalue weighted by Crippen LogP contribution is -2.60. The third-order valence-electron chi connectivity index (χ3n) is 5.08. The predicted octanol–water partition coefficient (Wildman–Crippen LogP) is 0.516. The Kier molecular flexibility index (Phi) is 5.41. The zero-order chi connectivity index (χ0) is 18.7. The number of anilines is 1. The van der Waals surface area contributed by atoms with Crippen molar-refractivity contribution in [3.05, 3.63) is 29.8 Å². The van der Waals surface area contributed by atoms with Crippen LogP contribution in [0.15, 0.2) is 24.3 Å². The number of carbonyl (C=O) groups is 2. The first kappa shape index (κ1) is 18.2. The summed E-state index contributed by atoms with van der Waals surface area (Å²) in [4.78, 5) is 29.6. The van der Waals surface area contributed by atoms with E-state index in [9.17, 15) is 9.59 Å². The van der Waals surface area contributed by atoms with Crippen LogP contribution in [0, 0.1) is 5.41 Å². The molecule has 1 atom stereocenters. The molecule has 0 saturated carbocycles. The second kappa shape index (κ2) is 7.74. The van der Waals surface area contributed by atoms with Gasteiger partial charge in [-0.3, -0.25) is 19.9 Å². The lowest BCUT2D eigenvalue weighted by Gasteiger charge is -2.45. The van der Waals surface area contributed by atoms with E-state index in [0.29, 0.717) is 18.7 Å². The van der Waals surface area contributed by atoms with Gasteiger partial charge in [-0.15, -0.1) is 0 Å². The zero-order valence-corrected chi connectivity index (χ0v) is 14.7. The Morgan fingerprint density at radius 1 is 1.19 bits per heavy atom. The van der Waals surface area contributed by atoms with Crippen LogP contribution < -0.4 is 10.6 Å². The van der Waals surface area contributed by atoms with E-state index in [2.05, 4.69) is 0 Å². The van der Waals surface area contributed by atoms with Crippen LogP contribution in [0.5, 0.6) is 0 Å². The normalized spacial score (nSPS) is 21.7. The highest BCUT2D eigenvalue weighted by Crippen LogP contribution is 2.24. The van der Waals surface area contributed by atoms with Gasteiger partial charge >= 0.3 is 5.97 Å². The fourth-order valence-corrected chi connectivity index (χ4v) is 3.76. The van der Waals surface area contributed by atoms with Crippen LogP contribution in [0.4, 0.5) is 5.69 Å². The fourth-order valence-electron chi connectivity index (χ4n) is 3.76. The van der Waals surface area contributed by atoms with Crippen LogP contribution >= 0.6 is 0 Å². The van der Waals surface area contributed by atoms with Crippen LogP contribution in [0.2, 0.25) is 0 Å². The molecule has 0 aliphatic carbocycles. The molecule has 0 radical (unpaired) electrons. The number of amidine groups is 1. The molecule has 2 heterocycles. The van der Waals surface area contributed by atoms with Crippen molar-refractivity contribution >= 4 is 23.4 Å². The highest BCUT2D eigenvalue weighted by atomic mass is 16.4. The second-order valence-corrected chi connectivity index (χ2v) is 6.81. The second-order valence-electron chi connectivity index (χ2n) is 6.81. The molecule has 2 aliphatic rings. The topological polar surface area (TPSA) is 114 Å². The lowest BCUT2D eigenvalue weighted by atomic mass is 10.1. The molecule has 8 nitrogen and oxygen atoms in total. The zero-order valence-electron chi connectivity index (χ0n) is 14.7. The molecule has 3 rings (SSSR count). The summed E-state index contributed by atoms with van der Waals surface area (Å²) in [7, 11) is 0. The number of carboxylic acids is 1. The molecule has 0 bridgehead atoms. The summed E-state index contributed by atoms with van der Waals surface area (Å²) in [6.07, 6.45) is 2.70. The number of carboxylic acid groups (broad SMARTS) is 1. The number of hydrogen-bond acceptors (Lipinski definition) is 5. The predicted molar refractivity (Wildman–Crippen MR) is 98.2 cm³/mol. The molecule has 1 aromatic rings. The van der Waals surface area contributed by atoms with Gasteiger partial charge in [-0.2, -0.15) is 0 Å². The summed E-state index contributed by atoms with van der Waals surface area (Å²) in [6.45, 7) is 2.25. The van der Waals surface area contributed by atoms with Crippen molar-refractivity contribution in [2.24, 2.45) is 5.73 Å². The quantitative estimate of drug-likeness (QED) is 0.522. The van der Waals surface area contributed by atoms with Crippen LogP contribution in [0.3, 0.4) is 0 Å². The molecule has 1 unspecified atom stereocenters. The van der Waals surface area contributed by atoms with Crippen molar-refractivity contribution in [2.45, 2.75) is 25.4 Å². The Labute approximate surface area is 152 Å². The summed E-state index contributed by atoms with van der Waals surface area (Å²) >= 11 is 0. The Morgan fingerprint density at radius 3 is 2.54 bits per heavy atom. The number of likely N-dealkylation sites (tertiary alicyclic amines) is 1. The molecular weight excluding hydrogens is 334 g/mol. The molecule has 4 N–H and O–H groups in total. The molecule has 0 aromatic heterocycles. The van der Waals surface area contributed by atoms with E-state index in [1.54, 1.807) is 12.1 Å². The number of benzene rings is 1. The van der Waals surface area contributed by atoms with E-state index in [0.717, 1.165) is 31.5 Å². The molecule has 26 heavy (non-hydrogen) atoms. The van der Waals surface area contributed by atoms with Crippen molar-refractivity contribution in [3.8, 4) is 0 Å². The largest absolute Gasteiger partial charge is 0.480 e. The first-order valence-corrected chi connectivity index (χ1v) is 8.90. The maximum atomic E-state index is 12.7. The summed E-state index contributed by atoms with van der Waals surface area (Å²) in [5.74, 6) is -0.809. The standard InChI is InChI=1S/C18H25N5O3/c19-18(20)13-4-6-14(7-5-13)21-9-10-23(16(24)11-21)15-3-1-2-8-22(15)12-17(25)26/h4-7,15H,1-3,8-12H2,(H3,19,20)(H,25,26). The Hall–Kier alpha value is -2.61. The molecule has 1 aromatic carbocycles. The number of hydrogen-bond donors (Lipinski definition) is 3. The van der Waals surface area contributed by atoms with Gasteiger partial charge in [0.1, 0.15) is 5.84 Å². The van der Waals surface area contributed by atoms with E-state index in [-0.39, 0.29) is 31.0 Å². The van der Waals surface area contributed by atoms with Gasteiger partial charge in [-0.25, -0.2) is 0 Å². The van der Waals surface area contributed by atoms with E-state index < -0.39 is 5.97 Å². The van der Waals surface area contributed by atoms with Crippen molar-refractivity contribution < 1.29 is 14.7 Å². The molecule has 8 heteroatoms. The van der Waals surface area contributed by atoms with E-state index in [1.807, 2.05) is 26.8 Å². The number of rotatable bonds is 5. The Morgan fingerprint density at radius 2 is 1.92 bits per heavy atom. The van der Waals surface area contributed by atoms with Crippen molar-refractivity contribution in [3.63, 3.8) is 0 Å². The van der Waals surface area contributed by atoms with Crippen molar-refractivity contribution in [1.82, 2.24) is 9.80 Å². The summed E-state index contributed by atoms with van der Waals surface area (Å²) in [5, 5.41) is 16.6. The van der Waals surface area contributed by atoms with E-state index in [1.165, 1.54) is 0 Å². The summed E-state index contributed by atoms with van der Waals surface area (Å²) in [6, 6.07) is 7.31. The molecule has 1 amide bonds. The van der Waals surface area contributed by atoms with Gasteiger partial charge in [0.25, 0.3) is 0 Å². The number of carbonyl (C=O) groups excluding carboxylic acids is 1. The SMILES string of the molecule is N=C(N)c1ccc(N2CCN(C3CCCCN3CC(=O)O)C(=O)C2)cc1. The maximum absolute atomic E-state index is 12.7. The highest BCUT2D eigenvalue weighted by molar-refractivity contribution is 5.95. The Bertz CT molecular complexity index is 691. The average Bonchev–Trinajstić information content (AvgIpc) is 2.62. The van der Waals surface area contributed by atoms with Crippen molar-refractivity contribution in [1.29, 1.82) is 5.41 Å². The van der Waals surface area contributed by atoms with Crippen molar-refractivity contribution in [2.75, 3.05) is 37.6 Å².